The third-order valence-corrected chi connectivity index (χ3v) is 4.65. The lowest BCUT2D eigenvalue weighted by molar-refractivity contribution is -0.210. The molecule has 26 heavy (non-hydrogen) atoms. The maximum atomic E-state index is 13.5. The summed E-state index contributed by atoms with van der Waals surface area (Å²) in [5.41, 5.74) is -0.965. The SMILES string of the molecule is Cc1ocnc1C(=O)NC[C@]1(O)C[C@H](c2cccc(F)c2)O[C@H](C)[C@H]1O. The van der Waals surface area contributed by atoms with Crippen molar-refractivity contribution < 1.29 is 28.6 Å². The predicted octanol–water partition coefficient (Wildman–Crippen LogP) is 1.49. The van der Waals surface area contributed by atoms with Gasteiger partial charge in [-0.1, -0.05) is 12.1 Å². The fraction of sp³-hybridized carbons (Fsp3) is 0.444. The number of carbonyl (C=O) groups is 1. The lowest BCUT2D eigenvalue weighted by atomic mass is 9.82. The molecule has 3 rings (SSSR count). The van der Waals surface area contributed by atoms with Crippen LogP contribution in [0.1, 0.15) is 41.3 Å². The fourth-order valence-corrected chi connectivity index (χ4v) is 3.18. The van der Waals surface area contributed by atoms with Crippen molar-refractivity contribution >= 4 is 5.91 Å². The van der Waals surface area contributed by atoms with Gasteiger partial charge in [-0.3, -0.25) is 4.79 Å². The number of hydrogen-bond donors (Lipinski definition) is 3. The van der Waals surface area contributed by atoms with E-state index in [-0.39, 0.29) is 18.7 Å². The van der Waals surface area contributed by atoms with Crippen molar-refractivity contribution in [2.24, 2.45) is 0 Å². The second-order valence-corrected chi connectivity index (χ2v) is 6.58. The zero-order chi connectivity index (χ0) is 18.9. The van der Waals surface area contributed by atoms with Crippen molar-refractivity contribution in [1.29, 1.82) is 0 Å². The van der Waals surface area contributed by atoms with Crippen LogP contribution in [0.5, 0.6) is 0 Å². The molecule has 1 aliphatic heterocycles. The Hall–Kier alpha value is -2.29. The van der Waals surface area contributed by atoms with Gasteiger partial charge in [0.1, 0.15) is 23.3 Å². The zero-order valence-electron chi connectivity index (χ0n) is 14.5. The number of aromatic nitrogens is 1. The van der Waals surface area contributed by atoms with Crippen LogP contribution in [0.2, 0.25) is 0 Å². The van der Waals surface area contributed by atoms with Gasteiger partial charge in [0.05, 0.1) is 12.2 Å². The van der Waals surface area contributed by atoms with Gasteiger partial charge < -0.3 is 24.7 Å². The minimum absolute atomic E-state index is 0.0000373. The van der Waals surface area contributed by atoms with E-state index in [1.807, 2.05) is 0 Å². The van der Waals surface area contributed by atoms with E-state index in [4.69, 9.17) is 9.15 Å². The van der Waals surface area contributed by atoms with Gasteiger partial charge in [0.2, 0.25) is 0 Å². The van der Waals surface area contributed by atoms with Gasteiger partial charge in [-0.15, -0.1) is 0 Å². The maximum absolute atomic E-state index is 13.5. The standard InChI is InChI=1S/C18H21FN2O5/c1-10-15(21-9-25-10)17(23)20-8-18(24)7-14(26-11(2)16(18)22)12-4-3-5-13(19)6-12/h3-6,9,11,14,16,22,24H,7-8H2,1-2H3,(H,20,23)/t11-,14-,16-,18-/m1/s1. The Morgan fingerprint density at radius 3 is 2.92 bits per heavy atom. The van der Waals surface area contributed by atoms with E-state index >= 15 is 0 Å². The lowest BCUT2D eigenvalue weighted by Crippen LogP contribution is -2.59. The van der Waals surface area contributed by atoms with Crippen molar-refractivity contribution in [2.45, 2.75) is 44.2 Å². The van der Waals surface area contributed by atoms with Crippen LogP contribution in [0.4, 0.5) is 4.39 Å². The number of aryl methyl sites for hydroxylation is 1. The fourth-order valence-electron chi connectivity index (χ4n) is 3.18. The molecule has 0 radical (unpaired) electrons. The van der Waals surface area contributed by atoms with Crippen LogP contribution >= 0.6 is 0 Å². The molecule has 1 aromatic carbocycles. The highest BCUT2D eigenvalue weighted by Gasteiger charge is 2.47. The molecule has 2 heterocycles. The molecule has 0 saturated carbocycles. The number of oxazole rings is 1. The van der Waals surface area contributed by atoms with E-state index in [0.29, 0.717) is 11.3 Å². The van der Waals surface area contributed by atoms with Gasteiger partial charge in [0.25, 0.3) is 5.91 Å². The minimum atomic E-state index is -1.64. The maximum Gasteiger partial charge on any atom is 0.273 e. The summed E-state index contributed by atoms with van der Waals surface area (Å²) >= 11 is 0. The van der Waals surface area contributed by atoms with E-state index in [1.165, 1.54) is 12.1 Å². The van der Waals surface area contributed by atoms with E-state index in [0.717, 1.165) is 6.39 Å². The number of amides is 1. The molecule has 7 nitrogen and oxygen atoms in total. The third-order valence-electron chi connectivity index (χ3n) is 4.65. The first kappa shape index (κ1) is 18.5. The lowest BCUT2D eigenvalue weighted by Gasteiger charge is -2.44. The van der Waals surface area contributed by atoms with Crippen LogP contribution in [0.3, 0.4) is 0 Å². The highest BCUT2D eigenvalue weighted by Crippen LogP contribution is 2.37. The molecule has 8 heteroatoms. The Labute approximate surface area is 149 Å². The number of rotatable bonds is 4. The van der Waals surface area contributed by atoms with Crippen LogP contribution in [-0.2, 0) is 4.74 Å². The number of carbonyl (C=O) groups excluding carboxylic acids is 1. The first-order chi connectivity index (χ1) is 12.3. The third kappa shape index (κ3) is 3.62. The van der Waals surface area contributed by atoms with Crippen LogP contribution in [0.25, 0.3) is 0 Å². The number of hydrogen-bond acceptors (Lipinski definition) is 6. The highest BCUT2D eigenvalue weighted by molar-refractivity contribution is 5.93. The predicted molar refractivity (Wildman–Crippen MR) is 88.8 cm³/mol. The molecule has 1 saturated heterocycles. The second-order valence-electron chi connectivity index (χ2n) is 6.58. The quantitative estimate of drug-likeness (QED) is 0.759. The summed E-state index contributed by atoms with van der Waals surface area (Å²) in [6, 6.07) is 5.89. The van der Waals surface area contributed by atoms with Crippen molar-refractivity contribution in [3.63, 3.8) is 0 Å². The Morgan fingerprint density at radius 2 is 2.27 bits per heavy atom. The minimum Gasteiger partial charge on any atom is -0.448 e. The van der Waals surface area contributed by atoms with Gasteiger partial charge in [-0.25, -0.2) is 9.37 Å². The highest BCUT2D eigenvalue weighted by atomic mass is 19.1. The number of halogens is 1. The van der Waals surface area contributed by atoms with Crippen molar-refractivity contribution in [2.75, 3.05) is 6.54 Å². The van der Waals surface area contributed by atoms with Gasteiger partial charge in [-0.2, -0.15) is 0 Å². The number of ether oxygens (including phenoxy) is 1. The summed E-state index contributed by atoms with van der Waals surface area (Å²) in [4.78, 5) is 16.0. The zero-order valence-corrected chi connectivity index (χ0v) is 14.5. The van der Waals surface area contributed by atoms with E-state index < -0.39 is 35.6 Å². The molecule has 1 amide bonds. The average Bonchev–Trinajstić information content (AvgIpc) is 3.03. The van der Waals surface area contributed by atoms with Crippen LogP contribution in [0.15, 0.2) is 35.1 Å². The van der Waals surface area contributed by atoms with Gasteiger partial charge >= 0.3 is 0 Å². The summed E-state index contributed by atoms with van der Waals surface area (Å²) in [7, 11) is 0. The number of aliphatic hydroxyl groups is 2. The largest absolute Gasteiger partial charge is 0.448 e. The average molecular weight is 364 g/mol. The number of benzene rings is 1. The van der Waals surface area contributed by atoms with E-state index in [9.17, 15) is 19.4 Å². The molecule has 4 atom stereocenters. The molecule has 0 aliphatic carbocycles. The van der Waals surface area contributed by atoms with E-state index in [1.54, 1.807) is 26.0 Å². The Kier molecular flexibility index (Phi) is 5.08. The Morgan fingerprint density at radius 1 is 1.50 bits per heavy atom. The smallest absolute Gasteiger partial charge is 0.273 e. The molecule has 1 aromatic heterocycles. The topological polar surface area (TPSA) is 105 Å². The number of nitrogens with zero attached hydrogens (tertiary/aromatic N) is 1. The Bertz CT molecular complexity index is 795. The molecule has 0 spiro atoms. The van der Waals surface area contributed by atoms with Crippen LogP contribution < -0.4 is 5.32 Å². The number of nitrogens with one attached hydrogen (secondary N) is 1. The van der Waals surface area contributed by atoms with Gasteiger partial charge in [-0.05, 0) is 31.5 Å². The first-order valence-corrected chi connectivity index (χ1v) is 8.30. The summed E-state index contributed by atoms with van der Waals surface area (Å²) < 4.78 is 24.2. The van der Waals surface area contributed by atoms with Crippen LogP contribution in [-0.4, -0.2) is 45.5 Å². The van der Waals surface area contributed by atoms with Crippen molar-refractivity contribution in [1.82, 2.24) is 10.3 Å². The molecular formula is C18H21FN2O5. The second kappa shape index (κ2) is 7.14. The molecule has 0 unspecified atom stereocenters. The van der Waals surface area contributed by atoms with E-state index in [2.05, 4.69) is 10.3 Å². The van der Waals surface area contributed by atoms with Gasteiger partial charge in [0, 0.05) is 13.0 Å². The summed E-state index contributed by atoms with van der Waals surface area (Å²) in [6.07, 6.45) is -1.37. The molecule has 140 valence electrons. The Balaban J connectivity index is 1.75. The molecular weight excluding hydrogens is 343 g/mol. The molecule has 3 N–H and O–H groups in total. The first-order valence-electron chi connectivity index (χ1n) is 8.30. The molecule has 1 fully saturated rings. The summed E-state index contributed by atoms with van der Waals surface area (Å²) in [5.74, 6) is -0.574. The molecule has 1 aliphatic rings. The number of aliphatic hydroxyl groups excluding tert-OH is 1. The normalized spacial score (nSPS) is 28.7. The van der Waals surface area contributed by atoms with Crippen molar-refractivity contribution in [3.05, 3.63) is 53.5 Å². The summed E-state index contributed by atoms with van der Waals surface area (Å²) in [5, 5.41) is 23.9. The van der Waals surface area contributed by atoms with Crippen molar-refractivity contribution in [3.8, 4) is 0 Å². The molecule has 0 bridgehead atoms. The van der Waals surface area contributed by atoms with Gasteiger partial charge in [0.15, 0.2) is 12.1 Å². The molecule has 2 aromatic rings. The van der Waals surface area contributed by atoms with Crippen LogP contribution in [0, 0.1) is 12.7 Å². The summed E-state index contributed by atoms with van der Waals surface area (Å²) in [6.45, 7) is 3.01. The monoisotopic (exact) mass is 364 g/mol.